The lowest BCUT2D eigenvalue weighted by molar-refractivity contribution is 0.0493. The molecule has 12 aromatic rings. The fraction of sp³-hybridized carbons (Fsp3) is 0.355. The minimum atomic E-state index is -0.392. The molecule has 0 atom stereocenters. The Labute approximate surface area is 911 Å². The molecule has 784 valence electrons. The second-order valence-corrected chi connectivity index (χ2v) is 39.6. The van der Waals surface area contributed by atoms with E-state index in [-0.39, 0.29) is 43.1 Å². The van der Waals surface area contributed by atoms with Crippen LogP contribution < -0.4 is 28.4 Å². The molecule has 0 N–H and O–H groups in total. The molecular weight excluding hydrogens is 2070 g/mol. The third kappa shape index (κ3) is 36.3. The van der Waals surface area contributed by atoms with Crippen molar-refractivity contribution in [2.75, 3.05) is 39.6 Å². The molecule has 1 saturated carbocycles. The molecule has 147 heavy (non-hydrogen) atoms. The molecule has 26 heteroatoms. The van der Waals surface area contributed by atoms with Crippen molar-refractivity contribution < 1.29 is 85.6 Å². The maximum absolute atomic E-state index is 12.5. The van der Waals surface area contributed by atoms with E-state index in [4.69, 9.17) is 138 Å². The standard InChI is InChI=1S/C22H25ClO3.C21H25ClO3.2C20H23ClO3.C19H20BrClO3.C19H20Cl2O3/c1-4-10-25-22(24)18-7-5-6-17(16-8-9-16)19(18)13-26-21-12-20(23)14(2)11-15(21)3;1-5-10-24-21(23)17-9-7-8-16(6-2)18(17)13-25-20-12-19(22)14(3)11-15(20)4;2*1-5-9-23-20(22)16-8-6-7-13(2)17(16)12-24-19-11-18(21)14(3)10-15(19)4;2*1-4-8-23-19(22)14-6-5-7-16(20)15(14)11-24-18-10-17(21)12(2)9-13(18)3/h5-7,11-12,16H,4,8-10,13H2,1-3H3;7-9,11-12H,5-6,10,13H2,1-4H3;2*6-8,10-11H,5,9,12H2,1-4H3;2*5-7,9-10H,4,8,11H2,1-3H3. The van der Waals surface area contributed by atoms with E-state index in [2.05, 4.69) is 28.9 Å². The summed E-state index contributed by atoms with van der Waals surface area (Å²) in [7, 11) is 0. The number of hydrogen-bond acceptors (Lipinski definition) is 18. The summed E-state index contributed by atoms with van der Waals surface area (Å²) in [5, 5.41) is 4.46. The van der Waals surface area contributed by atoms with E-state index in [0.29, 0.717) is 158 Å². The summed E-state index contributed by atoms with van der Waals surface area (Å²) in [6.45, 7) is 45.5. The van der Waals surface area contributed by atoms with E-state index in [1.54, 1.807) is 54.6 Å². The molecule has 0 aliphatic heterocycles. The van der Waals surface area contributed by atoms with Crippen molar-refractivity contribution in [3.05, 3.63) is 377 Å². The first-order valence-electron chi connectivity index (χ1n) is 49.6. The predicted molar refractivity (Wildman–Crippen MR) is 597 cm³/mol. The highest BCUT2D eigenvalue weighted by Gasteiger charge is 2.30. The summed E-state index contributed by atoms with van der Waals surface area (Å²) in [6, 6.07) is 56.2. The number of benzene rings is 12. The summed E-state index contributed by atoms with van der Waals surface area (Å²) in [6.07, 6.45) is 7.89. The van der Waals surface area contributed by atoms with Crippen molar-refractivity contribution in [1.29, 1.82) is 0 Å². The maximum atomic E-state index is 12.5. The number of halogens is 8. The Hall–Kier alpha value is -11.2. The molecule has 0 saturated heterocycles. The van der Waals surface area contributed by atoms with E-state index in [0.717, 1.165) is 197 Å². The Balaban J connectivity index is 0.000000215. The van der Waals surface area contributed by atoms with Crippen molar-refractivity contribution in [3.8, 4) is 34.5 Å². The van der Waals surface area contributed by atoms with Gasteiger partial charge in [0.05, 0.1) is 73.0 Å². The molecule has 0 bridgehead atoms. The highest BCUT2D eigenvalue weighted by molar-refractivity contribution is 9.10. The van der Waals surface area contributed by atoms with Crippen LogP contribution >= 0.6 is 97.1 Å². The smallest absolute Gasteiger partial charge is 0.338 e. The summed E-state index contributed by atoms with van der Waals surface area (Å²) >= 11 is 46.9. The van der Waals surface area contributed by atoms with Crippen LogP contribution in [-0.2, 0) is 74.5 Å². The Morgan fingerprint density at radius 3 is 0.755 bits per heavy atom. The molecule has 0 heterocycles. The molecule has 1 fully saturated rings. The van der Waals surface area contributed by atoms with Crippen LogP contribution in [0.25, 0.3) is 0 Å². The molecule has 0 radical (unpaired) electrons. The fourth-order valence-electron chi connectivity index (χ4n) is 15.3. The van der Waals surface area contributed by atoms with Gasteiger partial charge in [0.2, 0.25) is 0 Å². The van der Waals surface area contributed by atoms with Crippen LogP contribution in [0.4, 0.5) is 0 Å². The monoisotopic (exact) mass is 2200 g/mol. The number of carbonyl (C=O) groups is 6. The van der Waals surface area contributed by atoms with Crippen molar-refractivity contribution in [1.82, 2.24) is 0 Å². The highest BCUT2D eigenvalue weighted by atomic mass is 79.9. The number of aryl methyl sites for hydroxylation is 15. The van der Waals surface area contributed by atoms with Gasteiger partial charge in [-0.25, -0.2) is 28.8 Å². The van der Waals surface area contributed by atoms with E-state index in [1.165, 1.54) is 5.56 Å². The topological polar surface area (TPSA) is 213 Å². The Morgan fingerprint density at radius 1 is 0.245 bits per heavy atom. The molecule has 0 amide bonds. The molecule has 12 aromatic carbocycles. The quantitative estimate of drug-likeness (QED) is 0.0260. The number of ether oxygens (including phenoxy) is 12. The predicted octanol–water partition coefficient (Wildman–Crippen LogP) is 34.1. The largest absolute Gasteiger partial charge is 0.489 e. The van der Waals surface area contributed by atoms with E-state index >= 15 is 0 Å². The highest BCUT2D eigenvalue weighted by Crippen LogP contribution is 2.44. The lowest BCUT2D eigenvalue weighted by atomic mass is 9.98. The van der Waals surface area contributed by atoms with Gasteiger partial charge < -0.3 is 56.8 Å². The molecule has 18 nitrogen and oxygen atoms in total. The Bertz CT molecular complexity index is 6020. The van der Waals surface area contributed by atoms with Crippen LogP contribution in [0, 0.1) is 96.9 Å². The average molecular weight is 2210 g/mol. The van der Waals surface area contributed by atoms with E-state index in [9.17, 15) is 28.8 Å². The van der Waals surface area contributed by atoms with Crippen molar-refractivity contribution in [2.45, 2.75) is 249 Å². The first kappa shape index (κ1) is 121. The number of carbonyl (C=O) groups excluding carboxylic acids is 6. The van der Waals surface area contributed by atoms with Crippen LogP contribution in [0.3, 0.4) is 0 Å². The van der Waals surface area contributed by atoms with Gasteiger partial charge >= 0.3 is 35.8 Å². The lowest BCUT2D eigenvalue weighted by Gasteiger charge is -2.16. The minimum Gasteiger partial charge on any atom is -0.489 e. The van der Waals surface area contributed by atoms with Gasteiger partial charge in [0.25, 0.3) is 0 Å². The first-order chi connectivity index (χ1) is 70.2. The van der Waals surface area contributed by atoms with Crippen LogP contribution in [0.1, 0.15) is 290 Å². The zero-order valence-corrected chi connectivity index (χ0v) is 95.0. The van der Waals surface area contributed by atoms with Gasteiger partial charge in [-0.3, -0.25) is 0 Å². The molecule has 1 aliphatic carbocycles. The van der Waals surface area contributed by atoms with Gasteiger partial charge in [0.1, 0.15) is 74.1 Å². The van der Waals surface area contributed by atoms with Crippen molar-refractivity contribution in [2.24, 2.45) is 0 Å². The lowest BCUT2D eigenvalue weighted by Crippen LogP contribution is -2.13. The molecule has 0 spiro atoms. The van der Waals surface area contributed by atoms with Gasteiger partial charge in [-0.05, 0) is 335 Å². The Morgan fingerprint density at radius 2 is 0.469 bits per heavy atom. The SMILES string of the molecule is CCCOC(=O)c1cccc(Br)c1COc1cc(Cl)c(C)cc1C.CCCOC(=O)c1cccc(C)c1COc1cc(Cl)c(C)cc1C.CCCOC(=O)c1cccc(C)c1COc1cc(Cl)c(C)cc1C.CCCOC(=O)c1cccc(C2CC2)c1COc1cc(Cl)c(C)cc1C.CCCOC(=O)c1cccc(CC)c1COc1cc(Cl)c(C)cc1C.CCCOC(=O)c1cccc(Cl)c1COc1cc(Cl)c(C)cc1C. The molecule has 1 aliphatic rings. The molecular formula is C121H136BrCl7O18. The second kappa shape index (κ2) is 61.0. The summed E-state index contributed by atoms with van der Waals surface area (Å²) in [4.78, 5) is 73.8. The maximum Gasteiger partial charge on any atom is 0.338 e. The van der Waals surface area contributed by atoms with Crippen LogP contribution in [0.5, 0.6) is 34.5 Å². The molecule has 0 aromatic heterocycles. The minimum absolute atomic E-state index is 0.163. The summed E-state index contributed by atoms with van der Waals surface area (Å²) in [5.74, 6) is 2.91. The zero-order chi connectivity index (χ0) is 108. The van der Waals surface area contributed by atoms with Crippen LogP contribution in [-0.4, -0.2) is 75.5 Å². The number of rotatable bonds is 38. The van der Waals surface area contributed by atoms with Crippen molar-refractivity contribution in [3.63, 3.8) is 0 Å². The number of hydrogen-bond donors (Lipinski definition) is 0. The van der Waals surface area contributed by atoms with Crippen molar-refractivity contribution >= 4 is 133 Å². The number of esters is 6. The fourth-order valence-corrected chi connectivity index (χ4v) is 17.0. The zero-order valence-electron chi connectivity index (χ0n) is 88.1. The van der Waals surface area contributed by atoms with E-state index in [1.807, 2.05) is 260 Å². The van der Waals surface area contributed by atoms with E-state index < -0.39 is 5.97 Å². The van der Waals surface area contributed by atoms with Gasteiger partial charge in [-0.15, -0.1) is 0 Å². The first-order valence-corrected chi connectivity index (χ1v) is 53.0. The van der Waals surface area contributed by atoms with Gasteiger partial charge in [-0.1, -0.05) is 243 Å². The van der Waals surface area contributed by atoms with Gasteiger partial charge in [0.15, 0.2) is 0 Å². The van der Waals surface area contributed by atoms with Gasteiger partial charge in [-0.2, -0.15) is 0 Å². The second-order valence-electron chi connectivity index (χ2n) is 35.9. The van der Waals surface area contributed by atoms with Gasteiger partial charge in [0, 0.05) is 73.0 Å². The van der Waals surface area contributed by atoms with Crippen LogP contribution in [0.15, 0.2) is 186 Å². The summed E-state index contributed by atoms with van der Waals surface area (Å²) in [5.41, 5.74) is 24.5. The molecule has 0 unspecified atom stereocenters. The van der Waals surface area contributed by atoms with Crippen LogP contribution in [0.2, 0.25) is 35.2 Å². The average Bonchev–Trinajstić information content (AvgIpc) is 1.68. The third-order valence-corrected chi connectivity index (χ3v) is 27.4. The molecule has 13 rings (SSSR count). The third-order valence-electron chi connectivity index (χ3n) is 23.9. The summed E-state index contributed by atoms with van der Waals surface area (Å²) < 4.78 is 68.2. The normalized spacial score (nSPS) is 11.1. The Kier molecular flexibility index (Phi) is 50.2.